The van der Waals surface area contributed by atoms with E-state index in [9.17, 15) is 24.0 Å². The molecule has 3 aromatic rings. The minimum Gasteiger partial charge on any atom is -0.452 e. The number of ether oxygens (including phenoxy) is 1. The van der Waals surface area contributed by atoms with Gasteiger partial charge < -0.3 is 15.8 Å². The van der Waals surface area contributed by atoms with Crippen LogP contribution in [-0.4, -0.2) is 36.2 Å². The molecule has 1 aromatic heterocycles. The molecule has 10 heteroatoms. The Labute approximate surface area is 222 Å². The van der Waals surface area contributed by atoms with Crippen molar-refractivity contribution >= 4 is 51.6 Å². The molecule has 5 rings (SSSR count). The molecule has 0 saturated heterocycles. The molecule has 2 aliphatic rings. The van der Waals surface area contributed by atoms with Gasteiger partial charge in [0.1, 0.15) is 5.00 Å². The van der Waals surface area contributed by atoms with E-state index in [0.29, 0.717) is 22.2 Å². The lowest BCUT2D eigenvalue weighted by Crippen LogP contribution is -2.29. The summed E-state index contributed by atoms with van der Waals surface area (Å²) in [5, 5.41) is 3.01. The average Bonchev–Trinajstić information content (AvgIpc) is 3.36. The first kappa shape index (κ1) is 25.3. The summed E-state index contributed by atoms with van der Waals surface area (Å²) in [5.74, 6) is -2.60. The number of nitrogens with one attached hydrogen (secondary N) is 1. The largest absolute Gasteiger partial charge is 0.452 e. The van der Waals surface area contributed by atoms with Crippen molar-refractivity contribution in [1.82, 2.24) is 0 Å². The van der Waals surface area contributed by atoms with Crippen LogP contribution in [0.2, 0.25) is 0 Å². The molecule has 1 aliphatic heterocycles. The van der Waals surface area contributed by atoms with E-state index in [-0.39, 0.29) is 16.7 Å². The molecule has 38 heavy (non-hydrogen) atoms. The van der Waals surface area contributed by atoms with E-state index in [1.54, 1.807) is 25.1 Å². The molecule has 0 bridgehead atoms. The van der Waals surface area contributed by atoms with E-state index < -0.39 is 36.2 Å². The predicted octanol–water partition coefficient (Wildman–Crippen LogP) is 3.88. The van der Waals surface area contributed by atoms with Gasteiger partial charge in [-0.2, -0.15) is 0 Å². The van der Waals surface area contributed by atoms with E-state index in [0.717, 1.165) is 40.2 Å². The molecule has 2 heterocycles. The van der Waals surface area contributed by atoms with Gasteiger partial charge in [-0.05, 0) is 67.5 Å². The Morgan fingerprint density at radius 2 is 1.84 bits per heavy atom. The minimum absolute atomic E-state index is 0.0303. The second kappa shape index (κ2) is 9.86. The number of carbonyl (C=O) groups is 5. The summed E-state index contributed by atoms with van der Waals surface area (Å²) in [6, 6.07) is 11.1. The van der Waals surface area contributed by atoms with Crippen LogP contribution in [0.3, 0.4) is 0 Å². The number of imide groups is 1. The van der Waals surface area contributed by atoms with Crippen LogP contribution in [-0.2, 0) is 22.4 Å². The third-order valence-corrected chi connectivity index (χ3v) is 7.99. The number of primary amides is 1. The van der Waals surface area contributed by atoms with Gasteiger partial charge in [-0.15, -0.1) is 11.3 Å². The van der Waals surface area contributed by atoms with Crippen molar-refractivity contribution in [1.29, 1.82) is 0 Å². The number of rotatable bonds is 6. The van der Waals surface area contributed by atoms with Crippen molar-refractivity contribution in [2.45, 2.75) is 33.1 Å². The number of thiophene rings is 1. The number of aryl methyl sites for hydroxylation is 1. The topological polar surface area (TPSA) is 136 Å². The quantitative estimate of drug-likeness (QED) is 0.366. The lowest BCUT2D eigenvalue weighted by molar-refractivity contribution is -0.119. The molecule has 1 aliphatic carbocycles. The number of nitrogens with two attached hydrogens (primary N) is 1. The summed E-state index contributed by atoms with van der Waals surface area (Å²) < 4.78 is 5.16. The van der Waals surface area contributed by atoms with E-state index in [4.69, 9.17) is 10.5 Å². The maximum absolute atomic E-state index is 13.0. The molecule has 0 saturated carbocycles. The summed E-state index contributed by atoms with van der Waals surface area (Å²) >= 11 is 1.32. The number of nitrogens with zero attached hydrogens (tertiary/aromatic N) is 1. The Bertz CT molecular complexity index is 1520. The Morgan fingerprint density at radius 1 is 1.11 bits per heavy atom. The average molecular weight is 532 g/mol. The second-order valence-electron chi connectivity index (χ2n) is 9.54. The van der Waals surface area contributed by atoms with E-state index in [1.165, 1.54) is 29.5 Å². The fraction of sp³-hybridized carbons (Fsp3) is 0.250. The number of fused-ring (bicyclic) bond motifs is 2. The predicted molar refractivity (Wildman–Crippen MR) is 142 cm³/mol. The van der Waals surface area contributed by atoms with Crippen molar-refractivity contribution in [3.8, 4) is 0 Å². The number of para-hydroxylation sites is 1. The lowest BCUT2D eigenvalue weighted by atomic mass is 9.88. The number of carbonyl (C=O) groups excluding carboxylic acids is 5. The van der Waals surface area contributed by atoms with Crippen molar-refractivity contribution in [3.63, 3.8) is 0 Å². The number of esters is 1. The third kappa shape index (κ3) is 4.47. The molecule has 0 spiro atoms. The Kier molecular flexibility index (Phi) is 6.58. The molecule has 3 N–H and O–H groups in total. The van der Waals surface area contributed by atoms with Gasteiger partial charge >= 0.3 is 5.97 Å². The van der Waals surface area contributed by atoms with Crippen LogP contribution in [0.15, 0.2) is 42.5 Å². The zero-order valence-electron chi connectivity index (χ0n) is 20.8. The van der Waals surface area contributed by atoms with E-state index >= 15 is 0 Å². The summed E-state index contributed by atoms with van der Waals surface area (Å²) in [7, 11) is 0. The van der Waals surface area contributed by atoms with Gasteiger partial charge in [0.25, 0.3) is 23.6 Å². The summed E-state index contributed by atoms with van der Waals surface area (Å²) in [4.78, 5) is 65.4. The van der Waals surface area contributed by atoms with Gasteiger partial charge in [-0.1, -0.05) is 25.1 Å². The molecule has 2 aromatic carbocycles. The summed E-state index contributed by atoms with van der Waals surface area (Å²) in [5.41, 5.74) is 8.31. The zero-order valence-corrected chi connectivity index (χ0v) is 21.6. The smallest absolute Gasteiger partial charge is 0.338 e. The van der Waals surface area contributed by atoms with Crippen molar-refractivity contribution in [2.75, 3.05) is 16.8 Å². The maximum Gasteiger partial charge on any atom is 0.338 e. The van der Waals surface area contributed by atoms with Gasteiger partial charge in [-0.25, -0.2) is 9.69 Å². The molecule has 194 valence electrons. The number of anilines is 2. The summed E-state index contributed by atoms with van der Waals surface area (Å²) in [6.07, 6.45) is 2.47. The molecule has 4 amide bonds. The molecular weight excluding hydrogens is 506 g/mol. The van der Waals surface area contributed by atoms with Crippen LogP contribution in [0.1, 0.15) is 70.8 Å². The Balaban J connectivity index is 1.27. The minimum atomic E-state index is -0.827. The number of hydrogen-bond acceptors (Lipinski definition) is 7. The first-order chi connectivity index (χ1) is 18.2. The molecule has 0 radical (unpaired) electrons. The summed E-state index contributed by atoms with van der Waals surface area (Å²) in [6.45, 7) is 3.33. The van der Waals surface area contributed by atoms with Crippen molar-refractivity contribution in [2.24, 2.45) is 11.7 Å². The van der Waals surface area contributed by atoms with Gasteiger partial charge in [0.05, 0.1) is 27.9 Å². The highest BCUT2D eigenvalue weighted by Gasteiger charge is 2.38. The first-order valence-corrected chi connectivity index (χ1v) is 13.0. The highest BCUT2D eigenvalue weighted by atomic mass is 32.1. The van der Waals surface area contributed by atoms with Crippen LogP contribution in [0, 0.1) is 12.8 Å². The van der Waals surface area contributed by atoms with E-state index in [1.807, 2.05) is 6.07 Å². The van der Waals surface area contributed by atoms with Crippen LogP contribution in [0.25, 0.3) is 0 Å². The van der Waals surface area contributed by atoms with Crippen LogP contribution >= 0.6 is 11.3 Å². The standard InChI is InChI=1S/C28H25N3O6S/c1-14-7-9-18-21(11-14)38-25(23(18)24(29)33)30-22(32)13-37-28(36)16-8-10-17-19(12-16)27(35)31(26(17)34)20-6-4-3-5-15(20)2/h3-6,8,10,12,14H,7,9,11,13H2,1-2H3,(H2,29,33)(H,30,32)/t14-/m1/s1. The molecule has 0 fully saturated rings. The molecule has 1 atom stereocenters. The third-order valence-electron chi connectivity index (χ3n) is 6.82. The number of benzene rings is 2. The Morgan fingerprint density at radius 3 is 2.58 bits per heavy atom. The maximum atomic E-state index is 13.0. The molecule has 0 unspecified atom stereocenters. The van der Waals surface area contributed by atoms with Gasteiger partial charge in [0, 0.05) is 4.88 Å². The molecule has 9 nitrogen and oxygen atoms in total. The van der Waals surface area contributed by atoms with Gasteiger partial charge in [-0.3, -0.25) is 19.2 Å². The van der Waals surface area contributed by atoms with Crippen LogP contribution < -0.4 is 16.0 Å². The van der Waals surface area contributed by atoms with E-state index in [2.05, 4.69) is 12.2 Å². The highest BCUT2D eigenvalue weighted by Crippen LogP contribution is 2.39. The fourth-order valence-corrected chi connectivity index (χ4v) is 6.31. The second-order valence-corrected chi connectivity index (χ2v) is 10.6. The van der Waals surface area contributed by atoms with Gasteiger partial charge in [0.15, 0.2) is 6.61 Å². The number of amides is 4. The van der Waals surface area contributed by atoms with Crippen LogP contribution in [0.4, 0.5) is 10.7 Å². The van der Waals surface area contributed by atoms with Crippen LogP contribution in [0.5, 0.6) is 0 Å². The van der Waals surface area contributed by atoms with Gasteiger partial charge in [0.2, 0.25) is 0 Å². The first-order valence-electron chi connectivity index (χ1n) is 12.2. The fourth-order valence-electron chi connectivity index (χ4n) is 4.88. The molecular formula is C28H25N3O6S. The number of hydrogen-bond donors (Lipinski definition) is 2. The highest BCUT2D eigenvalue weighted by molar-refractivity contribution is 7.17. The lowest BCUT2D eigenvalue weighted by Gasteiger charge is -2.18. The monoisotopic (exact) mass is 531 g/mol. The normalized spacial score (nSPS) is 16.2. The van der Waals surface area contributed by atoms with Crippen molar-refractivity contribution < 1.29 is 28.7 Å². The van der Waals surface area contributed by atoms with Crippen molar-refractivity contribution in [3.05, 3.63) is 80.7 Å². The zero-order chi connectivity index (χ0) is 27.1. The Hall–Kier alpha value is -4.31. The SMILES string of the molecule is Cc1ccccc1N1C(=O)c2ccc(C(=O)OCC(=O)Nc3sc4c(c3C(N)=O)CC[C@@H](C)C4)cc2C1=O.